The van der Waals surface area contributed by atoms with Crippen LogP contribution >= 0.6 is 0 Å². The predicted molar refractivity (Wildman–Crippen MR) is 70.8 cm³/mol. The van der Waals surface area contributed by atoms with Gasteiger partial charge in [-0.15, -0.1) is 0 Å². The van der Waals surface area contributed by atoms with E-state index in [2.05, 4.69) is 25.7 Å². The summed E-state index contributed by atoms with van der Waals surface area (Å²) in [4.78, 5) is 15.3. The minimum absolute atomic E-state index is 0.0982. The molecule has 0 amide bonds. The van der Waals surface area contributed by atoms with Crippen LogP contribution in [-0.4, -0.2) is 72.4 Å². The van der Waals surface area contributed by atoms with Gasteiger partial charge in [-0.05, 0) is 19.9 Å². The van der Waals surface area contributed by atoms with Crippen LogP contribution in [0.15, 0.2) is 0 Å². The zero-order valence-electron chi connectivity index (χ0n) is 11.8. The van der Waals surface area contributed by atoms with Crippen LogP contribution in [-0.2, 0) is 9.53 Å². The molecule has 18 heavy (non-hydrogen) atoms. The molecule has 1 rings (SSSR count). The first-order valence-corrected chi connectivity index (χ1v) is 6.86. The van der Waals surface area contributed by atoms with E-state index in [0.29, 0.717) is 6.54 Å². The van der Waals surface area contributed by atoms with E-state index in [-0.39, 0.29) is 18.7 Å². The summed E-state index contributed by atoms with van der Waals surface area (Å²) >= 11 is 0. The summed E-state index contributed by atoms with van der Waals surface area (Å²) < 4.78 is 5.74. The molecule has 1 heterocycles. The molecule has 0 aromatic rings. The lowest BCUT2D eigenvalue weighted by molar-refractivity contribution is -0.139. The molecule has 5 nitrogen and oxygen atoms in total. The molecule has 2 atom stereocenters. The summed E-state index contributed by atoms with van der Waals surface area (Å²) in [6, 6.07) is 0.279. The molecule has 0 aliphatic carbocycles. The average Bonchev–Trinajstić information content (AvgIpc) is 2.36. The SMILES string of the molecule is CCC(C)N(CC(=O)O)CC1CN(CC)CCO1. The highest BCUT2D eigenvalue weighted by Gasteiger charge is 2.24. The highest BCUT2D eigenvalue weighted by Crippen LogP contribution is 2.10. The quantitative estimate of drug-likeness (QED) is 0.735. The van der Waals surface area contributed by atoms with Crippen molar-refractivity contribution in [1.82, 2.24) is 9.80 Å². The van der Waals surface area contributed by atoms with Gasteiger partial charge in [0.15, 0.2) is 0 Å². The summed E-state index contributed by atoms with van der Waals surface area (Å²) in [6.45, 7) is 10.8. The van der Waals surface area contributed by atoms with Gasteiger partial charge in [0, 0.05) is 25.7 Å². The zero-order valence-corrected chi connectivity index (χ0v) is 11.8. The van der Waals surface area contributed by atoms with Gasteiger partial charge in [0.2, 0.25) is 0 Å². The maximum absolute atomic E-state index is 10.9. The second kappa shape index (κ2) is 7.71. The van der Waals surface area contributed by atoms with Crippen molar-refractivity contribution in [2.24, 2.45) is 0 Å². The molecular weight excluding hydrogens is 232 g/mol. The lowest BCUT2D eigenvalue weighted by Gasteiger charge is -2.36. The number of nitrogens with zero attached hydrogens (tertiary/aromatic N) is 2. The van der Waals surface area contributed by atoms with Gasteiger partial charge in [-0.1, -0.05) is 13.8 Å². The predicted octanol–water partition coefficient (Wildman–Crippen LogP) is 0.892. The fraction of sp³-hybridized carbons (Fsp3) is 0.923. The van der Waals surface area contributed by atoms with E-state index in [0.717, 1.165) is 32.7 Å². The maximum Gasteiger partial charge on any atom is 0.317 e. The summed E-state index contributed by atoms with van der Waals surface area (Å²) in [5.41, 5.74) is 0. The molecule has 1 aliphatic rings. The number of carbonyl (C=O) groups is 1. The number of hydrogen-bond donors (Lipinski definition) is 1. The van der Waals surface area contributed by atoms with Crippen molar-refractivity contribution in [3.8, 4) is 0 Å². The molecule has 0 aromatic heterocycles. The number of hydrogen-bond acceptors (Lipinski definition) is 4. The molecule has 1 saturated heterocycles. The number of aliphatic carboxylic acids is 1. The van der Waals surface area contributed by atoms with Crippen LogP contribution in [0.3, 0.4) is 0 Å². The van der Waals surface area contributed by atoms with Crippen molar-refractivity contribution < 1.29 is 14.6 Å². The lowest BCUT2D eigenvalue weighted by atomic mass is 10.1. The Morgan fingerprint density at radius 1 is 1.56 bits per heavy atom. The van der Waals surface area contributed by atoms with Crippen molar-refractivity contribution in [3.63, 3.8) is 0 Å². The molecule has 1 fully saturated rings. The third-order valence-corrected chi connectivity index (χ3v) is 3.66. The van der Waals surface area contributed by atoms with Crippen molar-refractivity contribution in [2.75, 3.05) is 39.3 Å². The number of morpholine rings is 1. The Bertz CT molecular complexity index is 261. The van der Waals surface area contributed by atoms with E-state index in [1.165, 1.54) is 0 Å². The summed E-state index contributed by atoms with van der Waals surface area (Å²) in [7, 11) is 0. The molecule has 1 N–H and O–H groups in total. The zero-order chi connectivity index (χ0) is 13.5. The van der Waals surface area contributed by atoms with Crippen molar-refractivity contribution in [3.05, 3.63) is 0 Å². The van der Waals surface area contributed by atoms with E-state index in [1.807, 2.05) is 4.90 Å². The Balaban J connectivity index is 2.50. The third-order valence-electron chi connectivity index (χ3n) is 3.66. The fourth-order valence-electron chi connectivity index (χ4n) is 2.27. The van der Waals surface area contributed by atoms with Crippen LogP contribution in [0.4, 0.5) is 0 Å². The Labute approximate surface area is 110 Å². The average molecular weight is 258 g/mol. The Hall–Kier alpha value is -0.650. The van der Waals surface area contributed by atoms with Gasteiger partial charge in [0.05, 0.1) is 19.3 Å². The van der Waals surface area contributed by atoms with E-state index in [1.54, 1.807) is 0 Å². The van der Waals surface area contributed by atoms with E-state index < -0.39 is 5.97 Å². The van der Waals surface area contributed by atoms with Crippen LogP contribution in [0.5, 0.6) is 0 Å². The van der Waals surface area contributed by atoms with Crippen LogP contribution in [0, 0.1) is 0 Å². The Morgan fingerprint density at radius 3 is 2.83 bits per heavy atom. The van der Waals surface area contributed by atoms with Gasteiger partial charge in [0.25, 0.3) is 0 Å². The molecule has 0 radical (unpaired) electrons. The smallest absolute Gasteiger partial charge is 0.317 e. The molecule has 0 spiro atoms. The highest BCUT2D eigenvalue weighted by atomic mass is 16.5. The van der Waals surface area contributed by atoms with Crippen LogP contribution < -0.4 is 0 Å². The monoisotopic (exact) mass is 258 g/mol. The van der Waals surface area contributed by atoms with Gasteiger partial charge in [-0.25, -0.2) is 0 Å². The maximum atomic E-state index is 10.9. The standard InChI is InChI=1S/C13H26N2O3/c1-4-11(3)15(10-13(16)17)9-12-8-14(5-2)6-7-18-12/h11-12H,4-10H2,1-3H3,(H,16,17). The van der Waals surface area contributed by atoms with Gasteiger partial charge in [0.1, 0.15) is 0 Å². The summed E-state index contributed by atoms with van der Waals surface area (Å²) in [5, 5.41) is 8.96. The Kier molecular flexibility index (Phi) is 6.60. The second-order valence-corrected chi connectivity index (χ2v) is 4.97. The molecule has 5 heteroatoms. The topological polar surface area (TPSA) is 53.0 Å². The van der Waals surface area contributed by atoms with Crippen LogP contribution in [0.25, 0.3) is 0 Å². The van der Waals surface area contributed by atoms with Crippen LogP contribution in [0.1, 0.15) is 27.2 Å². The number of carboxylic acids is 1. The largest absolute Gasteiger partial charge is 0.480 e. The normalized spacial score (nSPS) is 23.2. The first-order chi connectivity index (χ1) is 8.56. The Morgan fingerprint density at radius 2 is 2.28 bits per heavy atom. The molecular formula is C13H26N2O3. The van der Waals surface area contributed by atoms with Gasteiger partial charge >= 0.3 is 5.97 Å². The minimum Gasteiger partial charge on any atom is -0.480 e. The van der Waals surface area contributed by atoms with Crippen molar-refractivity contribution in [2.45, 2.75) is 39.3 Å². The highest BCUT2D eigenvalue weighted by molar-refractivity contribution is 5.69. The van der Waals surface area contributed by atoms with Gasteiger partial charge in [-0.2, -0.15) is 0 Å². The van der Waals surface area contributed by atoms with Crippen LogP contribution in [0.2, 0.25) is 0 Å². The first-order valence-electron chi connectivity index (χ1n) is 6.86. The number of rotatable bonds is 7. The molecule has 1 aliphatic heterocycles. The van der Waals surface area contributed by atoms with Gasteiger partial charge in [-0.3, -0.25) is 14.6 Å². The summed E-state index contributed by atoms with van der Waals surface area (Å²) in [5.74, 6) is -0.765. The second-order valence-electron chi connectivity index (χ2n) is 4.97. The number of likely N-dealkylation sites (N-methyl/N-ethyl adjacent to an activating group) is 1. The molecule has 0 bridgehead atoms. The summed E-state index contributed by atoms with van der Waals surface area (Å²) in [6.07, 6.45) is 1.09. The molecule has 0 saturated carbocycles. The molecule has 0 aromatic carbocycles. The number of carboxylic acid groups (broad SMARTS) is 1. The first kappa shape index (κ1) is 15.4. The van der Waals surface area contributed by atoms with Crippen molar-refractivity contribution in [1.29, 1.82) is 0 Å². The molecule has 106 valence electrons. The lowest BCUT2D eigenvalue weighted by Crippen LogP contribution is -2.50. The van der Waals surface area contributed by atoms with Gasteiger partial charge < -0.3 is 9.84 Å². The van der Waals surface area contributed by atoms with E-state index in [9.17, 15) is 4.79 Å². The molecule has 2 unspecified atom stereocenters. The third kappa shape index (κ3) is 4.92. The van der Waals surface area contributed by atoms with E-state index >= 15 is 0 Å². The minimum atomic E-state index is -0.765. The number of ether oxygens (including phenoxy) is 1. The fourth-order valence-corrected chi connectivity index (χ4v) is 2.27. The van der Waals surface area contributed by atoms with E-state index in [4.69, 9.17) is 9.84 Å². The van der Waals surface area contributed by atoms with Crippen molar-refractivity contribution >= 4 is 5.97 Å².